The molecule has 2 unspecified atom stereocenters. The zero-order chi connectivity index (χ0) is 21.4. The Morgan fingerprint density at radius 2 is 1.87 bits per heavy atom. The van der Waals surface area contributed by atoms with E-state index in [1.54, 1.807) is 6.07 Å². The van der Waals surface area contributed by atoms with Crippen LogP contribution in [-0.4, -0.2) is 59.1 Å². The molecule has 2 aliphatic heterocycles. The first-order valence-corrected chi connectivity index (χ1v) is 10.6. The van der Waals surface area contributed by atoms with Crippen molar-refractivity contribution in [1.82, 2.24) is 9.88 Å². The standard InChI is InChI=1S/C22H28N4O4/c1-14-11-20(18-5-4-6-19(26(28)29)21(18)23-14)24-9-7-17(8-10-24)22(27)25-12-15(2)30-16(3)13-25/h4-6,11,15-17H,7-10,12-13H2,1-3H3. The molecule has 2 atom stereocenters. The van der Waals surface area contributed by atoms with Crippen molar-refractivity contribution < 1.29 is 14.5 Å². The number of non-ortho nitro benzene ring substituents is 1. The van der Waals surface area contributed by atoms with E-state index in [1.165, 1.54) is 6.07 Å². The highest BCUT2D eigenvalue weighted by molar-refractivity contribution is 5.97. The van der Waals surface area contributed by atoms with E-state index in [2.05, 4.69) is 9.88 Å². The quantitative estimate of drug-likeness (QED) is 0.568. The third kappa shape index (κ3) is 3.96. The van der Waals surface area contributed by atoms with E-state index in [0.29, 0.717) is 18.6 Å². The number of rotatable bonds is 3. The van der Waals surface area contributed by atoms with Crippen molar-refractivity contribution in [3.8, 4) is 0 Å². The zero-order valence-corrected chi connectivity index (χ0v) is 17.7. The summed E-state index contributed by atoms with van der Waals surface area (Å²) in [4.78, 5) is 32.7. The van der Waals surface area contributed by atoms with Crippen LogP contribution in [0.2, 0.25) is 0 Å². The van der Waals surface area contributed by atoms with Gasteiger partial charge < -0.3 is 14.5 Å². The average molecular weight is 412 g/mol. The van der Waals surface area contributed by atoms with E-state index < -0.39 is 0 Å². The van der Waals surface area contributed by atoms with Crippen LogP contribution < -0.4 is 4.90 Å². The maximum absolute atomic E-state index is 13.0. The van der Waals surface area contributed by atoms with Crippen molar-refractivity contribution in [2.75, 3.05) is 31.1 Å². The Kier molecular flexibility index (Phi) is 5.60. The molecule has 1 aromatic carbocycles. The fourth-order valence-electron chi connectivity index (χ4n) is 4.73. The van der Waals surface area contributed by atoms with E-state index in [9.17, 15) is 14.9 Å². The van der Waals surface area contributed by atoms with Gasteiger partial charge in [-0.2, -0.15) is 0 Å². The van der Waals surface area contributed by atoms with Gasteiger partial charge in [-0.05, 0) is 39.7 Å². The molecule has 0 spiro atoms. The zero-order valence-electron chi connectivity index (χ0n) is 17.7. The molecule has 0 radical (unpaired) electrons. The van der Waals surface area contributed by atoms with Gasteiger partial charge in [0, 0.05) is 54.9 Å². The number of amides is 1. The van der Waals surface area contributed by atoms with Gasteiger partial charge in [-0.1, -0.05) is 12.1 Å². The molecule has 2 saturated heterocycles. The van der Waals surface area contributed by atoms with Gasteiger partial charge in [-0.25, -0.2) is 4.98 Å². The third-order valence-corrected chi connectivity index (χ3v) is 6.04. The number of carbonyl (C=O) groups is 1. The minimum Gasteiger partial charge on any atom is -0.372 e. The number of nitro groups is 1. The number of anilines is 1. The number of benzene rings is 1. The summed E-state index contributed by atoms with van der Waals surface area (Å²) in [5, 5.41) is 12.2. The highest BCUT2D eigenvalue weighted by Gasteiger charge is 2.33. The summed E-state index contributed by atoms with van der Waals surface area (Å²) in [6.07, 6.45) is 1.69. The summed E-state index contributed by atoms with van der Waals surface area (Å²) in [7, 11) is 0. The third-order valence-electron chi connectivity index (χ3n) is 6.04. The van der Waals surface area contributed by atoms with Gasteiger partial charge in [0.25, 0.3) is 5.69 Å². The van der Waals surface area contributed by atoms with Crippen LogP contribution in [0.1, 0.15) is 32.4 Å². The fraction of sp³-hybridized carbons (Fsp3) is 0.545. The average Bonchev–Trinajstić information content (AvgIpc) is 2.71. The van der Waals surface area contributed by atoms with E-state index >= 15 is 0 Å². The highest BCUT2D eigenvalue weighted by atomic mass is 16.6. The highest BCUT2D eigenvalue weighted by Crippen LogP contribution is 2.34. The number of morpholine rings is 1. The molecule has 2 aromatic rings. The molecule has 1 aromatic heterocycles. The van der Waals surface area contributed by atoms with Gasteiger partial charge in [0.2, 0.25) is 5.91 Å². The summed E-state index contributed by atoms with van der Waals surface area (Å²) < 4.78 is 5.75. The maximum Gasteiger partial charge on any atom is 0.295 e. The van der Waals surface area contributed by atoms with Crippen molar-refractivity contribution in [2.45, 2.75) is 45.8 Å². The molecule has 1 amide bonds. The van der Waals surface area contributed by atoms with E-state index in [4.69, 9.17) is 4.74 Å². The first-order chi connectivity index (χ1) is 14.3. The Bertz CT molecular complexity index is 961. The second-order valence-electron chi connectivity index (χ2n) is 8.48. The first kappa shape index (κ1) is 20.5. The largest absolute Gasteiger partial charge is 0.372 e. The van der Waals surface area contributed by atoms with Crippen molar-refractivity contribution >= 4 is 28.2 Å². The SMILES string of the molecule is Cc1cc(N2CCC(C(=O)N3CC(C)OC(C)C3)CC2)c2cccc([N+](=O)[O-])c2n1. The predicted molar refractivity (Wildman–Crippen MR) is 115 cm³/mol. The monoisotopic (exact) mass is 412 g/mol. The summed E-state index contributed by atoms with van der Waals surface area (Å²) in [5.74, 6) is 0.241. The van der Waals surface area contributed by atoms with Gasteiger partial charge in [-0.15, -0.1) is 0 Å². The van der Waals surface area contributed by atoms with Crippen molar-refractivity contribution in [1.29, 1.82) is 0 Å². The number of hydrogen-bond donors (Lipinski definition) is 0. The lowest BCUT2D eigenvalue weighted by atomic mass is 9.94. The molecule has 0 N–H and O–H groups in total. The van der Waals surface area contributed by atoms with Crippen LogP contribution in [0.15, 0.2) is 24.3 Å². The van der Waals surface area contributed by atoms with Crippen LogP contribution in [0.4, 0.5) is 11.4 Å². The topological polar surface area (TPSA) is 88.8 Å². The molecular formula is C22H28N4O4. The van der Waals surface area contributed by atoms with Crippen LogP contribution in [0.25, 0.3) is 10.9 Å². The normalized spacial score (nSPS) is 23.0. The van der Waals surface area contributed by atoms with Gasteiger partial charge >= 0.3 is 0 Å². The number of aryl methyl sites for hydroxylation is 1. The summed E-state index contributed by atoms with van der Waals surface area (Å²) in [6.45, 7) is 8.67. The molecule has 0 bridgehead atoms. The number of nitro benzene ring substituents is 1. The van der Waals surface area contributed by atoms with E-state index in [0.717, 1.165) is 42.7 Å². The minimum atomic E-state index is -0.381. The number of nitrogens with zero attached hydrogens (tertiary/aromatic N) is 4. The molecule has 8 nitrogen and oxygen atoms in total. The lowest BCUT2D eigenvalue weighted by Gasteiger charge is -2.39. The Labute approximate surface area is 176 Å². The van der Waals surface area contributed by atoms with Crippen LogP contribution in [0, 0.1) is 23.0 Å². The smallest absolute Gasteiger partial charge is 0.295 e. The Hall–Kier alpha value is -2.74. The lowest BCUT2D eigenvalue weighted by molar-refractivity contribution is -0.383. The summed E-state index contributed by atoms with van der Waals surface area (Å²) in [5.41, 5.74) is 2.16. The molecule has 0 saturated carbocycles. The van der Waals surface area contributed by atoms with Crippen LogP contribution in [-0.2, 0) is 9.53 Å². The summed E-state index contributed by atoms with van der Waals surface area (Å²) in [6, 6.07) is 7.07. The molecular weight excluding hydrogens is 384 g/mol. The van der Waals surface area contributed by atoms with Crippen LogP contribution in [0.5, 0.6) is 0 Å². The molecule has 3 heterocycles. The van der Waals surface area contributed by atoms with E-state index in [1.807, 2.05) is 37.8 Å². The maximum atomic E-state index is 13.0. The number of piperidine rings is 1. The number of carbonyl (C=O) groups excluding carboxylic acids is 1. The van der Waals surface area contributed by atoms with Gasteiger partial charge in [0.05, 0.1) is 17.1 Å². The molecule has 2 aliphatic rings. The van der Waals surface area contributed by atoms with Crippen molar-refractivity contribution in [2.24, 2.45) is 5.92 Å². The molecule has 8 heteroatoms. The predicted octanol–water partition coefficient (Wildman–Crippen LogP) is 3.30. The van der Waals surface area contributed by atoms with E-state index in [-0.39, 0.29) is 34.6 Å². The first-order valence-electron chi connectivity index (χ1n) is 10.6. The number of hydrogen-bond acceptors (Lipinski definition) is 6. The molecule has 160 valence electrons. The second kappa shape index (κ2) is 8.18. The van der Waals surface area contributed by atoms with Crippen LogP contribution in [0.3, 0.4) is 0 Å². The van der Waals surface area contributed by atoms with Crippen LogP contribution >= 0.6 is 0 Å². The fourth-order valence-corrected chi connectivity index (χ4v) is 4.73. The van der Waals surface area contributed by atoms with Crippen molar-refractivity contribution in [3.05, 3.63) is 40.1 Å². The number of ether oxygens (including phenoxy) is 1. The second-order valence-corrected chi connectivity index (χ2v) is 8.48. The summed E-state index contributed by atoms with van der Waals surface area (Å²) >= 11 is 0. The Balaban J connectivity index is 1.52. The Morgan fingerprint density at radius 3 is 2.50 bits per heavy atom. The number of fused-ring (bicyclic) bond motifs is 1. The lowest BCUT2D eigenvalue weighted by Crippen LogP contribution is -2.51. The van der Waals surface area contributed by atoms with Gasteiger partial charge in [-0.3, -0.25) is 14.9 Å². The molecule has 2 fully saturated rings. The molecule has 4 rings (SSSR count). The Morgan fingerprint density at radius 1 is 1.20 bits per heavy atom. The van der Waals surface area contributed by atoms with Crippen molar-refractivity contribution in [3.63, 3.8) is 0 Å². The molecule has 30 heavy (non-hydrogen) atoms. The molecule has 0 aliphatic carbocycles. The number of pyridine rings is 1. The minimum absolute atomic E-state index is 0.0160. The van der Waals surface area contributed by atoms with Gasteiger partial charge in [0.15, 0.2) is 5.52 Å². The number of para-hydroxylation sites is 1. The van der Waals surface area contributed by atoms with Gasteiger partial charge in [0.1, 0.15) is 0 Å². The number of aromatic nitrogens is 1.